The molecule has 1 N–H and O–H groups in total. The number of aromatic nitrogens is 1. The number of hydrogen-bond donors (Lipinski definition) is 1. The van der Waals surface area contributed by atoms with Gasteiger partial charge in [-0.2, -0.15) is 0 Å². The van der Waals surface area contributed by atoms with Gasteiger partial charge >= 0.3 is 0 Å². The fourth-order valence-corrected chi connectivity index (χ4v) is 4.06. The summed E-state index contributed by atoms with van der Waals surface area (Å²) in [4.78, 5) is 19.1. The van der Waals surface area contributed by atoms with Crippen molar-refractivity contribution in [3.8, 4) is 11.3 Å². The van der Waals surface area contributed by atoms with Crippen molar-refractivity contribution in [2.75, 3.05) is 11.9 Å². The lowest BCUT2D eigenvalue weighted by Crippen LogP contribution is -2.47. The molecular formula is C18H22ClN3OS. The summed E-state index contributed by atoms with van der Waals surface area (Å²) < 4.78 is 0. The third kappa shape index (κ3) is 4.15. The first-order chi connectivity index (χ1) is 11.5. The summed E-state index contributed by atoms with van der Waals surface area (Å²) in [5.74, 6) is 0.00704. The van der Waals surface area contributed by atoms with Gasteiger partial charge < -0.3 is 5.32 Å². The van der Waals surface area contributed by atoms with Gasteiger partial charge in [-0.1, -0.05) is 30.2 Å². The minimum Gasteiger partial charge on any atom is -0.301 e. The molecule has 0 bridgehead atoms. The van der Waals surface area contributed by atoms with Crippen LogP contribution in [0.2, 0.25) is 5.02 Å². The van der Waals surface area contributed by atoms with E-state index in [2.05, 4.69) is 29.0 Å². The molecule has 2 unspecified atom stereocenters. The Morgan fingerprint density at radius 1 is 1.29 bits per heavy atom. The molecule has 128 valence electrons. The minimum absolute atomic E-state index is 0.00704. The van der Waals surface area contributed by atoms with Crippen LogP contribution in [-0.4, -0.2) is 34.4 Å². The summed E-state index contributed by atoms with van der Waals surface area (Å²) >= 11 is 7.36. The Labute approximate surface area is 151 Å². The van der Waals surface area contributed by atoms with Crippen LogP contribution in [0.25, 0.3) is 11.3 Å². The second kappa shape index (κ2) is 7.64. The van der Waals surface area contributed by atoms with E-state index in [1.165, 1.54) is 17.8 Å². The quantitative estimate of drug-likeness (QED) is 0.858. The Kier molecular flexibility index (Phi) is 5.54. The number of thiazole rings is 1. The normalized spacial score (nSPS) is 21.6. The molecule has 1 aromatic carbocycles. The van der Waals surface area contributed by atoms with Gasteiger partial charge in [0.2, 0.25) is 5.91 Å². The van der Waals surface area contributed by atoms with Gasteiger partial charge in [-0.05, 0) is 38.8 Å². The Hall–Kier alpha value is -1.43. The molecule has 2 atom stereocenters. The lowest BCUT2D eigenvalue weighted by atomic mass is 9.97. The first-order valence-corrected chi connectivity index (χ1v) is 9.56. The zero-order valence-electron chi connectivity index (χ0n) is 14.0. The third-order valence-corrected chi connectivity index (χ3v) is 5.60. The molecule has 2 heterocycles. The number of benzene rings is 1. The van der Waals surface area contributed by atoms with E-state index in [0.29, 0.717) is 28.8 Å². The van der Waals surface area contributed by atoms with Crippen molar-refractivity contribution in [3.05, 3.63) is 34.7 Å². The predicted molar refractivity (Wildman–Crippen MR) is 101 cm³/mol. The number of anilines is 1. The van der Waals surface area contributed by atoms with E-state index in [-0.39, 0.29) is 5.91 Å². The number of carbonyl (C=O) groups excluding carboxylic acids is 1. The van der Waals surface area contributed by atoms with Gasteiger partial charge in [0.15, 0.2) is 5.13 Å². The Balaban J connectivity index is 1.62. The number of nitrogens with one attached hydrogen (secondary N) is 1. The van der Waals surface area contributed by atoms with Crippen LogP contribution in [0.15, 0.2) is 29.6 Å². The van der Waals surface area contributed by atoms with Crippen molar-refractivity contribution in [2.45, 2.75) is 45.2 Å². The predicted octanol–water partition coefficient (Wildman–Crippen LogP) is 4.66. The van der Waals surface area contributed by atoms with Crippen LogP contribution in [0.3, 0.4) is 0 Å². The molecule has 1 aliphatic heterocycles. The first kappa shape index (κ1) is 17.4. The molecule has 1 aromatic heterocycles. The average Bonchev–Trinajstić information content (AvgIpc) is 3.00. The largest absolute Gasteiger partial charge is 0.301 e. The maximum absolute atomic E-state index is 12.4. The molecule has 2 aromatic rings. The molecule has 4 nitrogen and oxygen atoms in total. The van der Waals surface area contributed by atoms with E-state index in [9.17, 15) is 4.79 Å². The number of nitrogens with zero attached hydrogens (tertiary/aromatic N) is 2. The molecule has 1 amide bonds. The number of amides is 1. The van der Waals surface area contributed by atoms with Crippen molar-refractivity contribution >= 4 is 34.0 Å². The number of carbonyl (C=O) groups is 1. The van der Waals surface area contributed by atoms with Crippen LogP contribution in [0.5, 0.6) is 0 Å². The van der Waals surface area contributed by atoms with Crippen LogP contribution >= 0.6 is 22.9 Å². The summed E-state index contributed by atoms with van der Waals surface area (Å²) in [5.41, 5.74) is 1.85. The van der Waals surface area contributed by atoms with Crippen molar-refractivity contribution in [3.63, 3.8) is 0 Å². The van der Waals surface area contributed by atoms with E-state index >= 15 is 0 Å². The van der Waals surface area contributed by atoms with Gasteiger partial charge in [-0.3, -0.25) is 9.69 Å². The Morgan fingerprint density at radius 3 is 2.62 bits per heavy atom. The van der Waals surface area contributed by atoms with Crippen molar-refractivity contribution in [2.24, 2.45) is 0 Å². The minimum atomic E-state index is 0.00704. The molecular weight excluding hydrogens is 342 g/mol. The molecule has 0 aliphatic carbocycles. The summed E-state index contributed by atoms with van der Waals surface area (Å²) in [5, 5.41) is 6.22. The summed E-state index contributed by atoms with van der Waals surface area (Å²) in [6.07, 6.45) is 3.57. The van der Waals surface area contributed by atoms with Gasteiger partial charge in [0.25, 0.3) is 0 Å². The van der Waals surface area contributed by atoms with Crippen LogP contribution in [0.4, 0.5) is 5.13 Å². The van der Waals surface area contributed by atoms with Crippen LogP contribution < -0.4 is 5.32 Å². The van der Waals surface area contributed by atoms with Gasteiger partial charge in [-0.15, -0.1) is 11.3 Å². The maximum Gasteiger partial charge on any atom is 0.240 e. The lowest BCUT2D eigenvalue weighted by molar-refractivity contribution is -0.118. The van der Waals surface area contributed by atoms with Crippen LogP contribution in [0.1, 0.15) is 33.1 Å². The first-order valence-electron chi connectivity index (χ1n) is 8.30. The highest BCUT2D eigenvalue weighted by Gasteiger charge is 2.26. The monoisotopic (exact) mass is 363 g/mol. The highest BCUT2D eigenvalue weighted by Crippen LogP contribution is 2.26. The van der Waals surface area contributed by atoms with Gasteiger partial charge in [0, 0.05) is 28.0 Å². The van der Waals surface area contributed by atoms with E-state index in [1.54, 1.807) is 0 Å². The topological polar surface area (TPSA) is 45.2 Å². The molecule has 0 saturated carbocycles. The fraction of sp³-hybridized carbons (Fsp3) is 0.444. The van der Waals surface area contributed by atoms with Gasteiger partial charge in [-0.25, -0.2) is 4.98 Å². The molecule has 0 spiro atoms. The summed E-state index contributed by atoms with van der Waals surface area (Å²) in [7, 11) is 0. The van der Waals surface area contributed by atoms with Crippen molar-refractivity contribution in [1.29, 1.82) is 0 Å². The number of likely N-dealkylation sites (tertiary alicyclic amines) is 1. The highest BCUT2D eigenvalue weighted by atomic mass is 35.5. The summed E-state index contributed by atoms with van der Waals surface area (Å²) in [6, 6.07) is 8.46. The molecule has 1 aliphatic rings. The molecule has 0 radical (unpaired) electrons. The van der Waals surface area contributed by atoms with Crippen LogP contribution in [0, 0.1) is 0 Å². The number of rotatable bonds is 4. The van der Waals surface area contributed by atoms with E-state index in [4.69, 9.17) is 11.6 Å². The average molecular weight is 364 g/mol. The highest BCUT2D eigenvalue weighted by molar-refractivity contribution is 7.14. The molecule has 6 heteroatoms. The zero-order valence-corrected chi connectivity index (χ0v) is 15.5. The van der Waals surface area contributed by atoms with Crippen molar-refractivity contribution < 1.29 is 4.79 Å². The van der Waals surface area contributed by atoms with E-state index in [1.807, 2.05) is 29.6 Å². The molecule has 24 heavy (non-hydrogen) atoms. The molecule has 1 fully saturated rings. The number of halogens is 1. The second-order valence-electron chi connectivity index (χ2n) is 6.39. The number of hydrogen-bond acceptors (Lipinski definition) is 4. The van der Waals surface area contributed by atoms with Gasteiger partial charge in [0.05, 0.1) is 12.2 Å². The third-order valence-electron chi connectivity index (χ3n) is 4.59. The Morgan fingerprint density at radius 2 is 1.96 bits per heavy atom. The second-order valence-corrected chi connectivity index (χ2v) is 7.69. The summed E-state index contributed by atoms with van der Waals surface area (Å²) in [6.45, 7) is 4.83. The Bertz CT molecular complexity index is 691. The molecule has 3 rings (SSSR count). The smallest absolute Gasteiger partial charge is 0.240 e. The fourth-order valence-electron chi connectivity index (χ4n) is 3.20. The van der Waals surface area contributed by atoms with Crippen molar-refractivity contribution in [1.82, 2.24) is 9.88 Å². The van der Waals surface area contributed by atoms with E-state index in [0.717, 1.165) is 24.1 Å². The maximum atomic E-state index is 12.4. The van der Waals surface area contributed by atoms with Gasteiger partial charge in [0.1, 0.15) is 0 Å². The lowest BCUT2D eigenvalue weighted by Gasteiger charge is -2.38. The zero-order chi connectivity index (χ0) is 17.1. The molecule has 1 saturated heterocycles. The number of piperidine rings is 1. The SMILES string of the molecule is CC1CCCC(C)N1CC(=O)Nc1nc(-c2ccc(Cl)cc2)cs1. The van der Waals surface area contributed by atoms with E-state index < -0.39 is 0 Å². The standard InChI is InChI=1S/C18H22ClN3OS/c1-12-4-3-5-13(2)22(12)10-17(23)21-18-20-16(11-24-18)14-6-8-15(19)9-7-14/h6-9,11-13H,3-5,10H2,1-2H3,(H,20,21,23). The van der Waals surface area contributed by atoms with Crippen LogP contribution in [-0.2, 0) is 4.79 Å².